The Morgan fingerprint density at radius 2 is 1.29 bits per heavy atom. The Morgan fingerprint density at radius 1 is 0.732 bits per heavy atom. The monoisotopic (exact) mass is 605 g/mol. The molecule has 0 aromatic rings. The van der Waals surface area contributed by atoms with Gasteiger partial charge in [0.1, 0.15) is 19.8 Å². The molecule has 0 aromatic carbocycles. The summed E-state index contributed by atoms with van der Waals surface area (Å²) in [6.07, 6.45) is 21.2. The molecule has 0 saturated carbocycles. The van der Waals surface area contributed by atoms with Crippen LogP contribution in [0.5, 0.6) is 0 Å². The number of likely N-dealkylation sites (N-methyl/N-ethyl adjacent to an activating group) is 1. The molecule has 0 N–H and O–H groups in total. The number of hydrogen-bond donors (Lipinski definition) is 0. The van der Waals surface area contributed by atoms with Gasteiger partial charge >= 0.3 is 11.9 Å². The molecule has 10 heteroatoms. The predicted octanol–water partition coefficient (Wildman–Crippen LogP) is 6.88. The molecule has 0 bridgehead atoms. The maximum absolute atomic E-state index is 12.4. The largest absolute Gasteiger partial charge is 0.756 e. The van der Waals surface area contributed by atoms with Crippen molar-refractivity contribution in [3.05, 3.63) is 12.2 Å². The summed E-state index contributed by atoms with van der Waals surface area (Å²) in [6.45, 7) is 3.80. The molecule has 9 nitrogen and oxygen atoms in total. The van der Waals surface area contributed by atoms with E-state index in [0.717, 1.165) is 32.1 Å². The lowest BCUT2D eigenvalue weighted by atomic mass is 10.1. The molecule has 0 aromatic heterocycles. The van der Waals surface area contributed by atoms with Crippen molar-refractivity contribution in [2.75, 3.05) is 47.5 Å². The van der Waals surface area contributed by atoms with Crippen molar-refractivity contribution in [1.29, 1.82) is 0 Å². The van der Waals surface area contributed by atoms with Crippen LogP contribution >= 0.6 is 7.82 Å². The van der Waals surface area contributed by atoms with Crippen molar-refractivity contribution < 1.29 is 42.1 Å². The zero-order valence-electron chi connectivity index (χ0n) is 26.7. The second-order valence-electron chi connectivity index (χ2n) is 11.8. The van der Waals surface area contributed by atoms with E-state index in [1.165, 1.54) is 51.4 Å². The molecule has 0 aliphatic heterocycles. The van der Waals surface area contributed by atoms with Gasteiger partial charge in [-0.3, -0.25) is 14.2 Å². The van der Waals surface area contributed by atoms with Crippen LogP contribution in [-0.2, 0) is 32.7 Å². The first-order valence-corrected chi connectivity index (χ1v) is 17.4. The van der Waals surface area contributed by atoms with E-state index < -0.39 is 32.5 Å². The van der Waals surface area contributed by atoms with Crippen molar-refractivity contribution in [2.24, 2.45) is 0 Å². The number of carbonyl (C=O) groups excluding carboxylic acids is 2. The highest BCUT2D eigenvalue weighted by atomic mass is 31.2. The summed E-state index contributed by atoms with van der Waals surface area (Å²) in [6, 6.07) is 0. The third-order valence-electron chi connectivity index (χ3n) is 6.51. The minimum absolute atomic E-state index is 0.0320. The maximum atomic E-state index is 12.4. The van der Waals surface area contributed by atoms with Crippen LogP contribution in [0.25, 0.3) is 0 Å². The van der Waals surface area contributed by atoms with E-state index in [2.05, 4.69) is 19.1 Å². The molecule has 0 amide bonds. The molecule has 2 atom stereocenters. The third kappa shape index (κ3) is 28.6. The van der Waals surface area contributed by atoms with Crippen molar-refractivity contribution in [3.63, 3.8) is 0 Å². The molecule has 0 radical (unpaired) electrons. The average molecular weight is 606 g/mol. The molecule has 0 aliphatic rings. The van der Waals surface area contributed by atoms with Gasteiger partial charge in [0, 0.05) is 12.8 Å². The van der Waals surface area contributed by atoms with Crippen molar-refractivity contribution in [3.8, 4) is 0 Å². The van der Waals surface area contributed by atoms with Gasteiger partial charge in [-0.05, 0) is 38.5 Å². The molecule has 41 heavy (non-hydrogen) atoms. The molecule has 0 saturated heterocycles. The second kappa shape index (κ2) is 25.3. The Hall–Kier alpha value is -1.25. The van der Waals surface area contributed by atoms with Crippen LogP contribution in [0.2, 0.25) is 0 Å². The lowest BCUT2D eigenvalue weighted by Gasteiger charge is -2.28. The smallest absolute Gasteiger partial charge is 0.306 e. The Balaban J connectivity index is 4.18. The number of unbranched alkanes of at least 4 members (excludes halogenated alkanes) is 12. The summed E-state index contributed by atoms with van der Waals surface area (Å²) < 4.78 is 33.0. The lowest BCUT2D eigenvalue weighted by molar-refractivity contribution is -0.870. The summed E-state index contributed by atoms with van der Waals surface area (Å²) in [5.41, 5.74) is 0. The molecule has 0 fully saturated rings. The van der Waals surface area contributed by atoms with Gasteiger partial charge in [0.2, 0.25) is 0 Å². The van der Waals surface area contributed by atoms with Gasteiger partial charge in [-0.2, -0.15) is 0 Å². The van der Waals surface area contributed by atoms with Crippen molar-refractivity contribution in [1.82, 2.24) is 0 Å². The van der Waals surface area contributed by atoms with Gasteiger partial charge in [-0.25, -0.2) is 0 Å². The van der Waals surface area contributed by atoms with E-state index >= 15 is 0 Å². The number of quaternary nitrogens is 1. The first-order chi connectivity index (χ1) is 19.5. The fraction of sp³-hybridized carbons (Fsp3) is 0.871. The number of carbonyl (C=O) groups is 2. The van der Waals surface area contributed by atoms with Gasteiger partial charge in [0.15, 0.2) is 6.10 Å². The molecule has 2 unspecified atom stereocenters. The van der Waals surface area contributed by atoms with Crippen LogP contribution in [0.1, 0.15) is 123 Å². The summed E-state index contributed by atoms with van der Waals surface area (Å²) >= 11 is 0. The highest BCUT2D eigenvalue weighted by Crippen LogP contribution is 2.38. The number of esters is 2. The number of hydrogen-bond acceptors (Lipinski definition) is 8. The SMILES string of the molecule is CCCCCCCCC/C=C\CCCCCCCC(=O)OC(COC(=O)CCC)COP(=O)([O-])OCC[N+](C)(C)C. The fourth-order valence-corrected chi connectivity index (χ4v) is 4.71. The van der Waals surface area contributed by atoms with Crippen LogP contribution < -0.4 is 4.89 Å². The highest BCUT2D eigenvalue weighted by molar-refractivity contribution is 7.45. The van der Waals surface area contributed by atoms with Gasteiger partial charge in [0.25, 0.3) is 7.82 Å². The Kier molecular flexibility index (Phi) is 24.5. The average Bonchev–Trinajstić information content (AvgIpc) is 2.89. The Bertz CT molecular complexity index is 738. The van der Waals surface area contributed by atoms with E-state index in [1.54, 1.807) is 0 Å². The number of ether oxygens (including phenoxy) is 2. The van der Waals surface area contributed by atoms with Crippen LogP contribution in [0.4, 0.5) is 0 Å². The number of allylic oxidation sites excluding steroid dienone is 2. The van der Waals surface area contributed by atoms with E-state index in [4.69, 9.17) is 18.5 Å². The summed E-state index contributed by atoms with van der Waals surface area (Å²) in [5, 5.41) is 0. The normalized spacial score (nSPS) is 14.2. The lowest BCUT2D eigenvalue weighted by Crippen LogP contribution is -2.37. The van der Waals surface area contributed by atoms with E-state index in [9.17, 15) is 19.0 Å². The summed E-state index contributed by atoms with van der Waals surface area (Å²) in [5.74, 6) is -0.907. The Morgan fingerprint density at radius 3 is 1.85 bits per heavy atom. The summed E-state index contributed by atoms with van der Waals surface area (Å²) in [7, 11) is 1.15. The number of phosphoric ester groups is 1. The fourth-order valence-electron chi connectivity index (χ4n) is 3.98. The van der Waals surface area contributed by atoms with Gasteiger partial charge in [-0.1, -0.05) is 83.8 Å². The van der Waals surface area contributed by atoms with Crippen molar-refractivity contribution in [2.45, 2.75) is 129 Å². The summed E-state index contributed by atoms with van der Waals surface area (Å²) in [4.78, 5) is 36.2. The molecular formula is C31H60NO8P. The zero-order chi connectivity index (χ0) is 30.8. The Labute approximate surface area is 250 Å². The van der Waals surface area contributed by atoms with E-state index in [1.807, 2.05) is 28.1 Å². The van der Waals surface area contributed by atoms with Crippen LogP contribution in [0, 0.1) is 0 Å². The maximum Gasteiger partial charge on any atom is 0.306 e. The molecule has 0 heterocycles. The first kappa shape index (κ1) is 39.8. The van der Waals surface area contributed by atoms with E-state index in [0.29, 0.717) is 23.9 Å². The van der Waals surface area contributed by atoms with Crippen LogP contribution in [0.3, 0.4) is 0 Å². The molecule has 242 valence electrons. The molecule has 0 rings (SSSR count). The molecule has 0 spiro atoms. The minimum Gasteiger partial charge on any atom is -0.756 e. The van der Waals surface area contributed by atoms with Crippen LogP contribution in [-0.4, -0.2) is 70.0 Å². The third-order valence-corrected chi connectivity index (χ3v) is 7.47. The number of nitrogens with zero attached hydrogens (tertiary/aromatic N) is 1. The van der Waals surface area contributed by atoms with Gasteiger partial charge in [-0.15, -0.1) is 0 Å². The van der Waals surface area contributed by atoms with E-state index in [-0.39, 0.29) is 26.1 Å². The molecule has 0 aliphatic carbocycles. The van der Waals surface area contributed by atoms with Crippen molar-refractivity contribution >= 4 is 19.8 Å². The quantitative estimate of drug-likeness (QED) is 0.0312. The second-order valence-corrected chi connectivity index (χ2v) is 13.2. The first-order valence-electron chi connectivity index (χ1n) is 15.9. The predicted molar refractivity (Wildman–Crippen MR) is 162 cm³/mol. The number of phosphoric acid groups is 1. The van der Waals surface area contributed by atoms with Crippen LogP contribution in [0.15, 0.2) is 12.2 Å². The highest BCUT2D eigenvalue weighted by Gasteiger charge is 2.21. The topological polar surface area (TPSA) is 111 Å². The minimum atomic E-state index is -4.59. The zero-order valence-corrected chi connectivity index (χ0v) is 27.6. The van der Waals surface area contributed by atoms with Gasteiger partial charge < -0.3 is 27.9 Å². The standard InChI is InChI=1S/C31H60NO8P/c1-6-8-9-10-11-12-13-14-15-16-17-18-19-20-21-22-24-31(34)40-29(27-37-30(33)23-7-2)28-39-41(35,36)38-26-25-32(3,4)5/h15-16,29H,6-14,17-28H2,1-5H3/b16-15-. The molecular weight excluding hydrogens is 545 g/mol. The van der Waals surface area contributed by atoms with Gasteiger partial charge in [0.05, 0.1) is 27.7 Å². The number of rotatable bonds is 28.